The van der Waals surface area contributed by atoms with Crippen molar-refractivity contribution in [1.82, 2.24) is 0 Å². The summed E-state index contributed by atoms with van der Waals surface area (Å²) in [5.74, 6) is 3.73. The van der Waals surface area contributed by atoms with Crippen molar-refractivity contribution in [3.63, 3.8) is 0 Å². The van der Waals surface area contributed by atoms with Crippen LogP contribution in [0.5, 0.6) is 5.75 Å². The Balaban J connectivity index is 1.71. The number of aryl methyl sites for hydroxylation is 1. The number of hydrogen-bond donors (Lipinski definition) is 0. The molecule has 4 aliphatic carbocycles. The van der Waals surface area contributed by atoms with Gasteiger partial charge in [0.2, 0.25) is 0 Å². The van der Waals surface area contributed by atoms with Gasteiger partial charge in [0.1, 0.15) is 5.75 Å². The summed E-state index contributed by atoms with van der Waals surface area (Å²) in [6.45, 7) is 2.51. The van der Waals surface area contributed by atoms with Gasteiger partial charge >= 0.3 is 0 Å². The van der Waals surface area contributed by atoms with E-state index < -0.39 is 0 Å². The summed E-state index contributed by atoms with van der Waals surface area (Å²) in [7, 11) is 1.70. The summed E-state index contributed by atoms with van der Waals surface area (Å²) < 4.78 is 12.9. The van der Waals surface area contributed by atoms with Crippen LogP contribution in [0.25, 0.3) is 11.1 Å². The minimum atomic E-state index is 0.256. The fraction of sp³-hybridized carbons (Fsp3) is 0.520. The van der Waals surface area contributed by atoms with Crippen molar-refractivity contribution in [2.45, 2.75) is 50.9 Å². The monoisotopic (exact) mass is 440 g/mol. The fourth-order valence-electron chi connectivity index (χ4n) is 6.77. The standard InChI is InChI=1S/C25H29BrO2/c1-16-8-21(20-6-4-3-5-7-20)24(28-15-27-2)22(23(16)26)25-12-17-9-18(13-25)11-19(10-17)14-25/h3-8,17-19H,9-15H2,1-2H3. The van der Waals surface area contributed by atoms with E-state index in [2.05, 4.69) is 59.3 Å². The van der Waals surface area contributed by atoms with E-state index in [1.807, 2.05) is 0 Å². The molecule has 2 nitrogen and oxygen atoms in total. The van der Waals surface area contributed by atoms with E-state index >= 15 is 0 Å². The Morgan fingerprint density at radius 1 is 1.00 bits per heavy atom. The molecule has 6 rings (SSSR count). The molecule has 0 unspecified atom stereocenters. The van der Waals surface area contributed by atoms with E-state index in [-0.39, 0.29) is 12.2 Å². The van der Waals surface area contributed by atoms with Crippen molar-refractivity contribution in [2.75, 3.05) is 13.9 Å². The highest BCUT2D eigenvalue weighted by Gasteiger charge is 2.53. The molecular formula is C25H29BrO2. The first-order chi connectivity index (χ1) is 13.6. The van der Waals surface area contributed by atoms with Gasteiger partial charge in [-0.3, -0.25) is 0 Å². The molecule has 4 aliphatic rings. The fourth-order valence-corrected chi connectivity index (χ4v) is 7.48. The molecule has 2 aromatic rings. The summed E-state index contributed by atoms with van der Waals surface area (Å²) in [5, 5.41) is 0. The highest BCUT2D eigenvalue weighted by molar-refractivity contribution is 9.10. The number of benzene rings is 2. The lowest BCUT2D eigenvalue weighted by atomic mass is 9.48. The summed E-state index contributed by atoms with van der Waals surface area (Å²) in [6.07, 6.45) is 8.29. The molecule has 4 saturated carbocycles. The summed E-state index contributed by atoms with van der Waals surface area (Å²) in [4.78, 5) is 0. The highest BCUT2D eigenvalue weighted by atomic mass is 79.9. The Morgan fingerprint density at radius 3 is 2.18 bits per heavy atom. The second-order valence-electron chi connectivity index (χ2n) is 9.37. The van der Waals surface area contributed by atoms with Crippen molar-refractivity contribution in [2.24, 2.45) is 17.8 Å². The maximum Gasteiger partial charge on any atom is 0.188 e. The molecule has 4 bridgehead atoms. The SMILES string of the molecule is COCOc1c(-c2ccccc2)cc(C)c(Br)c1C12CC3CC(CC(C3)C1)C2. The van der Waals surface area contributed by atoms with Gasteiger partial charge < -0.3 is 9.47 Å². The molecule has 0 aliphatic heterocycles. The van der Waals surface area contributed by atoms with Gasteiger partial charge in [-0.1, -0.05) is 46.3 Å². The Labute approximate surface area is 176 Å². The second kappa shape index (κ2) is 7.18. The number of methoxy groups -OCH3 is 1. The average Bonchev–Trinajstić information content (AvgIpc) is 2.68. The van der Waals surface area contributed by atoms with Gasteiger partial charge in [-0.15, -0.1) is 0 Å². The van der Waals surface area contributed by atoms with E-state index in [9.17, 15) is 0 Å². The van der Waals surface area contributed by atoms with Gasteiger partial charge in [-0.25, -0.2) is 0 Å². The molecular weight excluding hydrogens is 412 g/mol. The molecule has 28 heavy (non-hydrogen) atoms. The molecule has 0 saturated heterocycles. The number of halogens is 1. The summed E-state index contributed by atoms with van der Waals surface area (Å²) in [5.41, 5.74) is 5.39. The van der Waals surface area contributed by atoms with Crippen molar-refractivity contribution < 1.29 is 9.47 Å². The third kappa shape index (κ3) is 3.02. The van der Waals surface area contributed by atoms with Crippen molar-refractivity contribution in [3.8, 4) is 16.9 Å². The lowest BCUT2D eigenvalue weighted by molar-refractivity contribution is -0.00914. The van der Waals surface area contributed by atoms with Crippen LogP contribution in [-0.2, 0) is 10.2 Å². The van der Waals surface area contributed by atoms with Crippen molar-refractivity contribution >= 4 is 15.9 Å². The maximum absolute atomic E-state index is 6.34. The molecule has 0 spiro atoms. The Kier molecular flexibility index (Phi) is 4.79. The molecule has 0 aromatic heterocycles. The first-order valence-corrected chi connectivity index (χ1v) is 11.4. The van der Waals surface area contributed by atoms with Crippen molar-refractivity contribution in [1.29, 1.82) is 0 Å². The normalized spacial score (nSPS) is 30.6. The van der Waals surface area contributed by atoms with Crippen LogP contribution in [0.2, 0.25) is 0 Å². The largest absolute Gasteiger partial charge is 0.467 e. The van der Waals surface area contributed by atoms with E-state index in [1.54, 1.807) is 7.11 Å². The molecule has 0 atom stereocenters. The Hall–Kier alpha value is -1.32. The van der Waals surface area contributed by atoms with Crippen LogP contribution in [0.1, 0.15) is 49.7 Å². The first-order valence-electron chi connectivity index (χ1n) is 10.6. The zero-order valence-corrected chi connectivity index (χ0v) is 18.4. The molecule has 2 aromatic carbocycles. The molecule has 3 heteroatoms. The van der Waals surface area contributed by atoms with Gasteiger partial charge in [0, 0.05) is 28.1 Å². The Bertz CT molecular complexity index is 839. The summed E-state index contributed by atoms with van der Waals surface area (Å²) in [6, 6.07) is 12.9. The van der Waals surface area contributed by atoms with E-state index in [0.717, 1.165) is 23.5 Å². The van der Waals surface area contributed by atoms with Gasteiger partial charge in [0.25, 0.3) is 0 Å². The van der Waals surface area contributed by atoms with Gasteiger partial charge in [-0.05, 0) is 80.4 Å². The van der Waals surface area contributed by atoms with E-state index in [4.69, 9.17) is 9.47 Å². The number of ether oxygens (including phenoxy) is 2. The third-order valence-corrected chi connectivity index (χ3v) is 8.39. The Morgan fingerprint density at radius 2 is 1.61 bits per heavy atom. The molecule has 0 heterocycles. The van der Waals surface area contributed by atoms with Gasteiger partial charge in [0.05, 0.1) is 0 Å². The summed E-state index contributed by atoms with van der Waals surface area (Å²) >= 11 is 4.00. The molecule has 0 amide bonds. The number of hydrogen-bond acceptors (Lipinski definition) is 2. The minimum Gasteiger partial charge on any atom is -0.467 e. The lowest BCUT2D eigenvalue weighted by Crippen LogP contribution is -2.49. The zero-order valence-electron chi connectivity index (χ0n) is 16.8. The molecule has 0 N–H and O–H groups in total. The van der Waals surface area contributed by atoms with Crippen LogP contribution in [0.4, 0.5) is 0 Å². The predicted molar refractivity (Wildman–Crippen MR) is 117 cm³/mol. The molecule has 0 radical (unpaired) electrons. The van der Waals surface area contributed by atoms with Crippen LogP contribution in [0.15, 0.2) is 40.9 Å². The zero-order chi connectivity index (χ0) is 19.3. The first kappa shape index (κ1) is 18.7. The van der Waals surface area contributed by atoms with E-state index in [0.29, 0.717) is 0 Å². The minimum absolute atomic E-state index is 0.256. The molecule has 4 fully saturated rings. The average molecular weight is 441 g/mol. The second-order valence-corrected chi connectivity index (χ2v) is 10.2. The van der Waals surface area contributed by atoms with Gasteiger partial charge in [0.15, 0.2) is 6.79 Å². The maximum atomic E-state index is 6.34. The predicted octanol–water partition coefficient (Wildman–Crippen LogP) is 6.88. The smallest absolute Gasteiger partial charge is 0.188 e. The van der Waals surface area contributed by atoms with Crippen molar-refractivity contribution in [3.05, 3.63) is 52.0 Å². The van der Waals surface area contributed by atoms with Gasteiger partial charge in [-0.2, -0.15) is 0 Å². The van der Waals surface area contributed by atoms with Crippen LogP contribution in [-0.4, -0.2) is 13.9 Å². The highest BCUT2D eigenvalue weighted by Crippen LogP contribution is 2.63. The third-order valence-electron chi connectivity index (χ3n) is 7.37. The van der Waals surface area contributed by atoms with E-state index in [1.165, 1.54) is 65.3 Å². The van der Waals surface area contributed by atoms with Crippen LogP contribution >= 0.6 is 15.9 Å². The number of rotatable bonds is 5. The quantitative estimate of drug-likeness (QED) is 0.471. The van der Waals surface area contributed by atoms with Crippen LogP contribution in [0.3, 0.4) is 0 Å². The lowest BCUT2D eigenvalue weighted by Gasteiger charge is -2.57. The molecule has 148 valence electrons. The van der Waals surface area contributed by atoms with Crippen LogP contribution < -0.4 is 4.74 Å². The van der Waals surface area contributed by atoms with Crippen LogP contribution in [0, 0.1) is 24.7 Å². The topological polar surface area (TPSA) is 18.5 Å².